The van der Waals surface area contributed by atoms with Crippen molar-refractivity contribution < 1.29 is 4.39 Å². The molecule has 1 aromatic rings. The molecule has 6 heteroatoms. The summed E-state index contributed by atoms with van der Waals surface area (Å²) in [5.41, 5.74) is 1.29. The molecule has 0 spiro atoms. The van der Waals surface area contributed by atoms with Crippen molar-refractivity contribution in [1.82, 2.24) is 9.80 Å². The van der Waals surface area contributed by atoms with Gasteiger partial charge in [0.15, 0.2) is 0 Å². The minimum absolute atomic E-state index is 0. The number of piperazine rings is 1. The maximum absolute atomic E-state index is 13.0. The number of halogens is 3. The van der Waals surface area contributed by atoms with Gasteiger partial charge in [-0.1, -0.05) is 44.1 Å². The molecule has 0 unspecified atom stereocenters. The van der Waals surface area contributed by atoms with Gasteiger partial charge >= 0.3 is 0 Å². The second-order valence-electron chi connectivity index (χ2n) is 7.44. The number of unbranched alkanes of at least 4 members (excludes halogenated alkanes) is 1. The number of hydrogen-bond acceptors (Lipinski definition) is 2. The highest BCUT2D eigenvalue weighted by Crippen LogP contribution is 2.15. The van der Waals surface area contributed by atoms with Gasteiger partial charge in [0.25, 0.3) is 0 Å². The maximum atomic E-state index is 13.0. The number of benzene rings is 1. The molecule has 2 nitrogen and oxygen atoms in total. The van der Waals surface area contributed by atoms with Crippen LogP contribution in [0.25, 0.3) is 0 Å². The molecule has 140 valence electrons. The topological polar surface area (TPSA) is 6.48 Å². The summed E-state index contributed by atoms with van der Waals surface area (Å²) in [6.45, 7) is 13.3. The van der Waals surface area contributed by atoms with E-state index >= 15 is 0 Å². The Morgan fingerprint density at radius 3 is 2.04 bits per heavy atom. The molecule has 0 radical (unpaired) electrons. The highest BCUT2D eigenvalue weighted by Gasteiger charge is 2.26. The first kappa shape index (κ1) is 23.9. The Labute approximate surface area is 160 Å². The average molecular weight is 395 g/mol. The Balaban J connectivity index is 0.00000264. The molecular formula is C18H33Cl2FN2Si. The van der Waals surface area contributed by atoms with Gasteiger partial charge in [-0.05, 0) is 37.3 Å². The van der Waals surface area contributed by atoms with Crippen LogP contribution in [-0.4, -0.2) is 56.8 Å². The zero-order valence-corrected chi connectivity index (χ0v) is 17.9. The van der Waals surface area contributed by atoms with Crippen molar-refractivity contribution in [2.24, 2.45) is 0 Å². The first-order valence-corrected chi connectivity index (χ1v) is 12.1. The molecule has 0 amide bonds. The lowest BCUT2D eigenvalue weighted by atomic mass is 10.2. The first-order chi connectivity index (χ1) is 10.5. The van der Waals surface area contributed by atoms with Gasteiger partial charge < -0.3 is 9.80 Å². The van der Waals surface area contributed by atoms with Gasteiger partial charge in [-0.25, -0.2) is 4.39 Å². The number of nitrogens with zero attached hydrogens (tertiary/aromatic N) is 2. The Bertz CT molecular complexity index is 449. The van der Waals surface area contributed by atoms with Crippen molar-refractivity contribution in [1.29, 1.82) is 0 Å². The van der Waals surface area contributed by atoms with E-state index in [1.165, 1.54) is 57.3 Å². The van der Waals surface area contributed by atoms with E-state index < -0.39 is 8.07 Å². The summed E-state index contributed by atoms with van der Waals surface area (Å²) < 4.78 is 13.0. The normalized spacial score (nSPS) is 16.3. The van der Waals surface area contributed by atoms with E-state index in [-0.39, 0.29) is 30.6 Å². The SMILES string of the molecule is CCCCN1CCN(C[Si](C)(C)Cc2ccc(F)cc2)CC1.Cl.Cl. The Kier molecular flexibility index (Phi) is 11.4. The lowest BCUT2D eigenvalue weighted by Gasteiger charge is -2.38. The fourth-order valence-corrected chi connectivity index (χ4v) is 6.35. The number of rotatable bonds is 7. The van der Waals surface area contributed by atoms with Gasteiger partial charge in [0.05, 0.1) is 8.07 Å². The van der Waals surface area contributed by atoms with E-state index in [1.54, 1.807) is 12.1 Å². The third kappa shape index (κ3) is 8.30. The van der Waals surface area contributed by atoms with Gasteiger partial charge in [0, 0.05) is 26.2 Å². The Hall–Kier alpha value is -0.133. The molecule has 0 bridgehead atoms. The third-order valence-corrected chi connectivity index (χ3v) is 7.21. The van der Waals surface area contributed by atoms with Crippen LogP contribution >= 0.6 is 24.8 Å². The van der Waals surface area contributed by atoms with Crippen LogP contribution in [0, 0.1) is 5.82 Å². The molecule has 2 rings (SSSR count). The van der Waals surface area contributed by atoms with Crippen LogP contribution in [0.15, 0.2) is 24.3 Å². The van der Waals surface area contributed by atoms with Crippen LogP contribution in [0.5, 0.6) is 0 Å². The molecule has 0 aliphatic carbocycles. The molecule has 0 saturated carbocycles. The van der Waals surface area contributed by atoms with Gasteiger partial charge in [0.1, 0.15) is 5.82 Å². The van der Waals surface area contributed by atoms with Crippen LogP contribution in [0.3, 0.4) is 0 Å². The van der Waals surface area contributed by atoms with E-state index in [0.29, 0.717) is 0 Å². The smallest absolute Gasteiger partial charge is 0.123 e. The van der Waals surface area contributed by atoms with Crippen LogP contribution < -0.4 is 0 Å². The van der Waals surface area contributed by atoms with E-state index in [2.05, 4.69) is 29.8 Å². The molecule has 1 aliphatic heterocycles. The summed E-state index contributed by atoms with van der Waals surface area (Å²) in [7, 11) is -1.31. The largest absolute Gasteiger partial charge is 0.304 e. The standard InChI is InChI=1S/C18H31FN2Si.2ClH/c1-4-5-10-20-11-13-21(14-12-20)16-22(2,3)15-17-6-8-18(19)9-7-17;;/h6-9H,4-5,10-16H2,1-3H3;2*1H. The van der Waals surface area contributed by atoms with Crippen LogP contribution in [-0.2, 0) is 6.04 Å². The van der Waals surface area contributed by atoms with Crippen molar-refractivity contribution in [3.63, 3.8) is 0 Å². The van der Waals surface area contributed by atoms with E-state index in [4.69, 9.17) is 0 Å². The Morgan fingerprint density at radius 1 is 0.958 bits per heavy atom. The summed E-state index contributed by atoms with van der Waals surface area (Å²) >= 11 is 0. The molecule has 24 heavy (non-hydrogen) atoms. The summed E-state index contributed by atoms with van der Waals surface area (Å²) in [6.07, 6.45) is 3.87. The second kappa shape index (κ2) is 11.5. The van der Waals surface area contributed by atoms with Gasteiger partial charge in [-0.15, -0.1) is 24.8 Å². The predicted octanol–water partition coefficient (Wildman–Crippen LogP) is 4.42. The molecule has 1 fully saturated rings. The molecular weight excluding hydrogens is 362 g/mol. The summed E-state index contributed by atoms with van der Waals surface area (Å²) in [4.78, 5) is 5.26. The zero-order chi connectivity index (χ0) is 16.0. The highest BCUT2D eigenvalue weighted by atomic mass is 35.5. The van der Waals surface area contributed by atoms with Crippen molar-refractivity contribution >= 4 is 32.9 Å². The predicted molar refractivity (Wildman–Crippen MR) is 110 cm³/mol. The van der Waals surface area contributed by atoms with Crippen molar-refractivity contribution in [3.05, 3.63) is 35.6 Å². The van der Waals surface area contributed by atoms with Crippen molar-refractivity contribution in [2.75, 3.05) is 38.9 Å². The lowest BCUT2D eigenvalue weighted by Crippen LogP contribution is -2.52. The van der Waals surface area contributed by atoms with Crippen molar-refractivity contribution in [3.8, 4) is 0 Å². The molecule has 0 aromatic heterocycles. The fraction of sp³-hybridized carbons (Fsp3) is 0.667. The molecule has 0 atom stereocenters. The molecule has 0 N–H and O–H groups in total. The van der Waals surface area contributed by atoms with Gasteiger partial charge in [-0.3, -0.25) is 0 Å². The molecule has 1 heterocycles. The molecule has 1 aromatic carbocycles. The average Bonchev–Trinajstić information content (AvgIpc) is 2.48. The first-order valence-electron chi connectivity index (χ1n) is 8.68. The van der Waals surface area contributed by atoms with Crippen molar-refractivity contribution in [2.45, 2.75) is 38.9 Å². The lowest BCUT2D eigenvalue weighted by molar-refractivity contribution is 0.144. The van der Waals surface area contributed by atoms with Gasteiger partial charge in [-0.2, -0.15) is 0 Å². The Morgan fingerprint density at radius 2 is 1.50 bits per heavy atom. The summed E-state index contributed by atoms with van der Waals surface area (Å²) in [5, 5.41) is 0. The summed E-state index contributed by atoms with van der Waals surface area (Å²) in [5.74, 6) is -0.133. The fourth-order valence-electron chi connectivity index (χ4n) is 3.37. The van der Waals surface area contributed by atoms with Crippen LogP contribution in [0.4, 0.5) is 4.39 Å². The highest BCUT2D eigenvalue weighted by molar-refractivity contribution is 6.77. The molecule has 1 aliphatic rings. The monoisotopic (exact) mass is 394 g/mol. The zero-order valence-electron chi connectivity index (χ0n) is 15.3. The van der Waals surface area contributed by atoms with E-state index in [0.717, 1.165) is 6.04 Å². The second-order valence-corrected chi connectivity index (χ2v) is 12.4. The minimum Gasteiger partial charge on any atom is -0.304 e. The quantitative estimate of drug-likeness (QED) is 0.631. The third-order valence-electron chi connectivity index (χ3n) is 4.54. The summed E-state index contributed by atoms with van der Waals surface area (Å²) in [6, 6.07) is 8.22. The van der Waals surface area contributed by atoms with Gasteiger partial charge in [0.2, 0.25) is 0 Å². The number of hydrogen-bond donors (Lipinski definition) is 0. The van der Waals surface area contributed by atoms with Crippen LogP contribution in [0.2, 0.25) is 13.1 Å². The van der Waals surface area contributed by atoms with Crippen LogP contribution in [0.1, 0.15) is 25.3 Å². The molecule has 1 saturated heterocycles. The van der Waals surface area contributed by atoms with E-state index in [1.807, 2.05) is 12.1 Å². The minimum atomic E-state index is -1.31. The van der Waals surface area contributed by atoms with E-state index in [9.17, 15) is 4.39 Å². The maximum Gasteiger partial charge on any atom is 0.123 e.